The number of hydrogen-bond donors (Lipinski definition) is 2. The zero-order valence-electron chi connectivity index (χ0n) is 10.1. The molecular formula is C12H14N2O4. The summed E-state index contributed by atoms with van der Waals surface area (Å²) in [6, 6.07) is 3.81. The van der Waals surface area contributed by atoms with Crippen LogP contribution in [0.15, 0.2) is 18.2 Å². The van der Waals surface area contributed by atoms with Crippen molar-refractivity contribution in [3.63, 3.8) is 0 Å². The molecular weight excluding hydrogens is 236 g/mol. The summed E-state index contributed by atoms with van der Waals surface area (Å²) < 4.78 is 4.96. The Morgan fingerprint density at radius 1 is 1.06 bits per heavy atom. The van der Waals surface area contributed by atoms with E-state index in [1.807, 2.05) is 0 Å². The molecule has 1 aromatic rings. The lowest BCUT2D eigenvalue weighted by molar-refractivity contribution is 0.0375. The van der Waals surface area contributed by atoms with Gasteiger partial charge in [0.2, 0.25) is 11.8 Å². The lowest BCUT2D eigenvalue weighted by Gasteiger charge is -2.11. The van der Waals surface area contributed by atoms with Crippen molar-refractivity contribution in [2.75, 3.05) is 0 Å². The average Bonchev–Trinajstić information content (AvgIpc) is 2.26. The smallest absolute Gasteiger partial charge is 0.339 e. The number of rotatable bonds is 4. The first-order valence-electron chi connectivity index (χ1n) is 5.27. The maximum Gasteiger partial charge on any atom is 0.339 e. The van der Waals surface area contributed by atoms with E-state index in [1.165, 1.54) is 18.2 Å². The number of primary amides is 2. The van der Waals surface area contributed by atoms with Crippen LogP contribution in [0.5, 0.6) is 0 Å². The van der Waals surface area contributed by atoms with E-state index in [-0.39, 0.29) is 22.8 Å². The first-order valence-corrected chi connectivity index (χ1v) is 5.27. The van der Waals surface area contributed by atoms with Gasteiger partial charge < -0.3 is 16.2 Å². The number of carbonyl (C=O) groups is 3. The van der Waals surface area contributed by atoms with Gasteiger partial charge in [-0.15, -0.1) is 0 Å². The number of hydrogen-bond acceptors (Lipinski definition) is 4. The fourth-order valence-corrected chi connectivity index (χ4v) is 1.36. The van der Waals surface area contributed by atoms with Crippen molar-refractivity contribution in [3.8, 4) is 0 Å². The average molecular weight is 250 g/mol. The highest BCUT2D eigenvalue weighted by atomic mass is 16.5. The highest BCUT2D eigenvalue weighted by molar-refractivity contribution is 6.06. The third kappa shape index (κ3) is 3.07. The van der Waals surface area contributed by atoms with Crippen molar-refractivity contribution in [1.82, 2.24) is 0 Å². The van der Waals surface area contributed by atoms with Gasteiger partial charge in [-0.25, -0.2) is 4.79 Å². The summed E-state index contributed by atoms with van der Waals surface area (Å²) in [5, 5.41) is 0. The van der Waals surface area contributed by atoms with Gasteiger partial charge in [0.05, 0.1) is 17.2 Å². The zero-order valence-corrected chi connectivity index (χ0v) is 10.1. The summed E-state index contributed by atoms with van der Waals surface area (Å²) in [6.45, 7) is 3.33. The molecule has 1 rings (SSSR count). The third-order valence-electron chi connectivity index (χ3n) is 2.13. The zero-order chi connectivity index (χ0) is 13.9. The molecule has 0 aromatic heterocycles. The minimum Gasteiger partial charge on any atom is -0.459 e. The van der Waals surface area contributed by atoms with Crippen molar-refractivity contribution in [1.29, 1.82) is 0 Å². The van der Waals surface area contributed by atoms with Crippen LogP contribution in [0.25, 0.3) is 0 Å². The molecule has 96 valence electrons. The molecule has 18 heavy (non-hydrogen) atoms. The van der Waals surface area contributed by atoms with E-state index in [1.54, 1.807) is 13.8 Å². The molecule has 0 unspecified atom stereocenters. The molecule has 6 nitrogen and oxygen atoms in total. The van der Waals surface area contributed by atoms with Crippen LogP contribution < -0.4 is 11.5 Å². The quantitative estimate of drug-likeness (QED) is 0.755. The van der Waals surface area contributed by atoms with Crippen LogP contribution in [0.2, 0.25) is 0 Å². The van der Waals surface area contributed by atoms with Gasteiger partial charge in [0.15, 0.2) is 0 Å². The second-order valence-electron chi connectivity index (χ2n) is 3.94. The van der Waals surface area contributed by atoms with E-state index in [4.69, 9.17) is 16.2 Å². The first kappa shape index (κ1) is 13.7. The molecule has 4 N–H and O–H groups in total. The van der Waals surface area contributed by atoms with E-state index in [0.717, 1.165) is 0 Å². The van der Waals surface area contributed by atoms with Crippen LogP contribution in [0.3, 0.4) is 0 Å². The maximum absolute atomic E-state index is 11.8. The van der Waals surface area contributed by atoms with Crippen LogP contribution in [0.1, 0.15) is 44.9 Å². The van der Waals surface area contributed by atoms with Crippen molar-refractivity contribution in [2.24, 2.45) is 11.5 Å². The van der Waals surface area contributed by atoms with Gasteiger partial charge in [-0.1, -0.05) is 0 Å². The molecule has 6 heteroatoms. The van der Waals surface area contributed by atoms with Gasteiger partial charge in [0, 0.05) is 5.56 Å². The molecule has 0 aliphatic heterocycles. The molecule has 0 heterocycles. The topological polar surface area (TPSA) is 112 Å². The maximum atomic E-state index is 11.8. The van der Waals surface area contributed by atoms with Gasteiger partial charge in [-0.2, -0.15) is 0 Å². The standard InChI is InChI=1S/C12H14N2O4/c1-6(2)18-12(17)9-5-7(10(13)15)3-4-8(9)11(14)16/h3-6H,1-2H3,(H2,13,15)(H2,14,16). The molecule has 0 radical (unpaired) electrons. The normalized spacial score (nSPS) is 10.2. The SMILES string of the molecule is CC(C)OC(=O)c1cc(C(N)=O)ccc1C(N)=O. The Bertz CT molecular complexity index is 509. The highest BCUT2D eigenvalue weighted by Gasteiger charge is 2.19. The van der Waals surface area contributed by atoms with Gasteiger partial charge in [0.25, 0.3) is 0 Å². The highest BCUT2D eigenvalue weighted by Crippen LogP contribution is 2.14. The number of esters is 1. The van der Waals surface area contributed by atoms with Crippen LogP contribution in [0.4, 0.5) is 0 Å². The van der Waals surface area contributed by atoms with E-state index in [2.05, 4.69) is 0 Å². The summed E-state index contributed by atoms with van der Waals surface area (Å²) in [6.07, 6.45) is -0.351. The summed E-state index contributed by atoms with van der Waals surface area (Å²) in [5.74, 6) is -2.20. The Morgan fingerprint density at radius 2 is 1.67 bits per heavy atom. The molecule has 2 amide bonds. The van der Waals surface area contributed by atoms with E-state index < -0.39 is 17.8 Å². The van der Waals surface area contributed by atoms with Crippen molar-refractivity contribution >= 4 is 17.8 Å². The van der Waals surface area contributed by atoms with Crippen molar-refractivity contribution in [2.45, 2.75) is 20.0 Å². The van der Waals surface area contributed by atoms with E-state index >= 15 is 0 Å². The number of benzene rings is 1. The summed E-state index contributed by atoms with van der Waals surface area (Å²) in [7, 11) is 0. The van der Waals surface area contributed by atoms with Gasteiger partial charge in [-0.3, -0.25) is 9.59 Å². The van der Waals surface area contributed by atoms with Crippen LogP contribution in [-0.2, 0) is 4.74 Å². The lowest BCUT2D eigenvalue weighted by Crippen LogP contribution is -2.21. The monoisotopic (exact) mass is 250 g/mol. The fourth-order valence-electron chi connectivity index (χ4n) is 1.36. The van der Waals surface area contributed by atoms with Gasteiger partial charge >= 0.3 is 5.97 Å². The Labute approximate surface area is 104 Å². The predicted octanol–water partition coefficient (Wildman–Crippen LogP) is 0.450. The van der Waals surface area contributed by atoms with Crippen molar-refractivity contribution < 1.29 is 19.1 Å². The number of nitrogens with two attached hydrogens (primary N) is 2. The van der Waals surface area contributed by atoms with Gasteiger partial charge in [0.1, 0.15) is 0 Å². The second kappa shape index (κ2) is 5.31. The molecule has 0 saturated heterocycles. The van der Waals surface area contributed by atoms with Crippen LogP contribution in [0, 0.1) is 0 Å². The minimum atomic E-state index is -0.776. The first-order chi connectivity index (χ1) is 8.32. The molecule has 0 bridgehead atoms. The van der Waals surface area contributed by atoms with E-state index in [9.17, 15) is 14.4 Å². The predicted molar refractivity (Wildman–Crippen MR) is 64.0 cm³/mol. The van der Waals surface area contributed by atoms with Crippen molar-refractivity contribution in [3.05, 3.63) is 34.9 Å². The molecule has 0 fully saturated rings. The van der Waals surface area contributed by atoms with E-state index in [0.29, 0.717) is 0 Å². The Balaban J connectivity index is 3.27. The number of amides is 2. The molecule has 1 aromatic carbocycles. The largest absolute Gasteiger partial charge is 0.459 e. The van der Waals surface area contributed by atoms with Crippen LogP contribution in [-0.4, -0.2) is 23.9 Å². The fraction of sp³-hybridized carbons (Fsp3) is 0.250. The molecule has 0 spiro atoms. The second-order valence-corrected chi connectivity index (χ2v) is 3.94. The summed E-state index contributed by atoms with van der Waals surface area (Å²) >= 11 is 0. The Hall–Kier alpha value is -2.37. The molecule has 0 aliphatic carbocycles. The molecule has 0 aliphatic rings. The summed E-state index contributed by atoms with van der Waals surface area (Å²) in [4.78, 5) is 34.0. The van der Waals surface area contributed by atoms with Crippen LogP contribution >= 0.6 is 0 Å². The molecule has 0 saturated carbocycles. The lowest BCUT2D eigenvalue weighted by atomic mass is 10.0. The number of ether oxygens (including phenoxy) is 1. The minimum absolute atomic E-state index is 0.00866. The Morgan fingerprint density at radius 3 is 2.11 bits per heavy atom. The molecule has 0 atom stereocenters. The number of carbonyl (C=O) groups excluding carboxylic acids is 3. The third-order valence-corrected chi connectivity index (χ3v) is 2.13. The van der Waals surface area contributed by atoms with Gasteiger partial charge in [-0.05, 0) is 32.0 Å². The summed E-state index contributed by atoms with van der Waals surface area (Å²) in [5.41, 5.74) is 10.3. The Kier molecular flexibility index (Phi) is 4.04.